The summed E-state index contributed by atoms with van der Waals surface area (Å²) in [5, 5.41) is 2.60. The van der Waals surface area contributed by atoms with Crippen LogP contribution in [0.5, 0.6) is 0 Å². The third-order valence-electron chi connectivity index (χ3n) is 2.62. The quantitative estimate of drug-likeness (QED) is 0.872. The number of benzene rings is 1. The van der Waals surface area contributed by atoms with Crippen LogP contribution in [0.2, 0.25) is 0 Å². The van der Waals surface area contributed by atoms with Crippen LogP contribution in [0.25, 0.3) is 0 Å². The van der Waals surface area contributed by atoms with Crippen LogP contribution >= 0.6 is 0 Å². The SMILES string of the molecule is CC(=O)Nc1ccc(S(=O)(=O)C[c-]2cccc2)cc1. The highest BCUT2D eigenvalue weighted by Gasteiger charge is 2.12. The van der Waals surface area contributed by atoms with Gasteiger partial charge >= 0.3 is 0 Å². The van der Waals surface area contributed by atoms with Crippen molar-refractivity contribution in [1.29, 1.82) is 0 Å². The minimum absolute atomic E-state index is 0.0144. The summed E-state index contributed by atoms with van der Waals surface area (Å²) in [6.45, 7) is 1.40. The number of hydrogen-bond donors (Lipinski definition) is 1. The lowest BCUT2D eigenvalue weighted by Crippen LogP contribution is -2.07. The predicted octanol–water partition coefficient (Wildman–Crippen LogP) is 2.34. The molecule has 2 rings (SSSR count). The second kappa shape index (κ2) is 5.32. The van der Waals surface area contributed by atoms with E-state index in [9.17, 15) is 13.2 Å². The van der Waals surface area contributed by atoms with Gasteiger partial charge in [-0.05, 0) is 24.3 Å². The fraction of sp³-hybridized carbons (Fsp3) is 0.143. The number of rotatable bonds is 4. The second-order valence-electron chi connectivity index (χ2n) is 4.26. The van der Waals surface area contributed by atoms with Crippen molar-refractivity contribution >= 4 is 21.4 Å². The lowest BCUT2D eigenvalue weighted by Gasteiger charge is -2.07. The smallest absolute Gasteiger partial charge is 0.221 e. The van der Waals surface area contributed by atoms with E-state index in [1.165, 1.54) is 19.1 Å². The van der Waals surface area contributed by atoms with E-state index >= 15 is 0 Å². The molecule has 0 unspecified atom stereocenters. The van der Waals surface area contributed by atoms with Crippen molar-refractivity contribution in [2.24, 2.45) is 0 Å². The molecule has 1 N–H and O–H groups in total. The van der Waals surface area contributed by atoms with Crippen molar-refractivity contribution in [2.75, 3.05) is 5.32 Å². The van der Waals surface area contributed by atoms with Gasteiger partial charge in [-0.25, -0.2) is 20.6 Å². The Bertz CT molecular complexity index is 655. The monoisotopic (exact) mass is 276 g/mol. The van der Waals surface area contributed by atoms with E-state index in [2.05, 4.69) is 5.32 Å². The Hall–Kier alpha value is -2.01. The molecule has 2 aromatic rings. The Balaban J connectivity index is 2.19. The van der Waals surface area contributed by atoms with Crippen molar-refractivity contribution < 1.29 is 13.2 Å². The van der Waals surface area contributed by atoms with Crippen LogP contribution in [0.3, 0.4) is 0 Å². The average molecular weight is 276 g/mol. The number of amides is 1. The first kappa shape index (κ1) is 13.4. The first-order valence-electron chi connectivity index (χ1n) is 5.78. The van der Waals surface area contributed by atoms with Crippen molar-refractivity contribution in [3.05, 3.63) is 54.1 Å². The van der Waals surface area contributed by atoms with Crippen molar-refractivity contribution in [3.8, 4) is 0 Å². The van der Waals surface area contributed by atoms with Gasteiger partial charge in [0, 0.05) is 18.4 Å². The molecule has 0 spiro atoms. The van der Waals surface area contributed by atoms with Crippen LogP contribution < -0.4 is 5.32 Å². The molecule has 4 nitrogen and oxygen atoms in total. The maximum atomic E-state index is 12.1. The van der Waals surface area contributed by atoms with Gasteiger partial charge in [0.2, 0.25) is 5.91 Å². The van der Waals surface area contributed by atoms with Gasteiger partial charge in [-0.15, -0.1) is 5.56 Å². The summed E-state index contributed by atoms with van der Waals surface area (Å²) >= 11 is 0. The third-order valence-corrected chi connectivity index (χ3v) is 4.33. The Morgan fingerprint density at radius 2 is 1.74 bits per heavy atom. The summed E-state index contributed by atoms with van der Waals surface area (Å²) in [4.78, 5) is 11.1. The highest BCUT2D eigenvalue weighted by molar-refractivity contribution is 7.90. The highest BCUT2D eigenvalue weighted by Crippen LogP contribution is 2.19. The zero-order valence-corrected chi connectivity index (χ0v) is 11.3. The summed E-state index contributed by atoms with van der Waals surface area (Å²) in [5.74, 6) is -0.202. The summed E-state index contributed by atoms with van der Waals surface area (Å²) in [6.07, 6.45) is 0. The van der Waals surface area contributed by atoms with Gasteiger partial charge < -0.3 is 5.32 Å². The molecule has 0 aliphatic heterocycles. The standard InChI is InChI=1S/C14H14NO3S/c1-11(16)15-13-6-8-14(9-7-13)19(17,18)10-12-4-2-3-5-12/h2-9H,10H2,1H3,(H,15,16)/q-1. The number of sulfone groups is 1. The second-order valence-corrected chi connectivity index (χ2v) is 6.25. The van der Waals surface area contributed by atoms with Crippen LogP contribution in [0, 0.1) is 0 Å². The van der Waals surface area contributed by atoms with Gasteiger partial charge in [-0.3, -0.25) is 4.79 Å². The molecule has 0 atom stereocenters. The minimum Gasteiger partial charge on any atom is -0.326 e. The number of carbonyl (C=O) groups is 1. The number of hydrogen-bond acceptors (Lipinski definition) is 3. The van der Waals surface area contributed by atoms with Gasteiger partial charge in [0.15, 0.2) is 9.84 Å². The molecule has 100 valence electrons. The van der Waals surface area contributed by atoms with Gasteiger partial charge in [-0.2, -0.15) is 12.1 Å². The number of nitrogens with one attached hydrogen (secondary N) is 1. The first-order valence-corrected chi connectivity index (χ1v) is 7.43. The van der Waals surface area contributed by atoms with Crippen LogP contribution in [0.4, 0.5) is 5.69 Å². The Labute approximate surface area is 112 Å². The average Bonchev–Trinajstić information content (AvgIpc) is 2.81. The molecule has 0 heterocycles. The Morgan fingerprint density at radius 3 is 2.26 bits per heavy atom. The summed E-state index contributed by atoms with van der Waals surface area (Å²) in [7, 11) is -3.34. The van der Waals surface area contributed by atoms with Crippen molar-refractivity contribution in [1.82, 2.24) is 0 Å². The maximum Gasteiger partial charge on any atom is 0.221 e. The third kappa shape index (κ3) is 3.48. The normalized spacial score (nSPS) is 11.2. The molecule has 19 heavy (non-hydrogen) atoms. The van der Waals surface area contributed by atoms with E-state index in [0.717, 1.165) is 5.56 Å². The van der Waals surface area contributed by atoms with Crippen LogP contribution in [0.1, 0.15) is 12.5 Å². The molecule has 1 amide bonds. The van der Waals surface area contributed by atoms with Crippen LogP contribution in [-0.2, 0) is 20.4 Å². The zero-order chi connectivity index (χ0) is 13.9. The van der Waals surface area contributed by atoms with Gasteiger partial charge in [0.1, 0.15) is 0 Å². The molecule has 5 heteroatoms. The maximum absolute atomic E-state index is 12.1. The van der Waals surface area contributed by atoms with E-state index in [4.69, 9.17) is 0 Å². The molecule has 0 saturated heterocycles. The molecule has 0 saturated carbocycles. The van der Waals surface area contributed by atoms with E-state index in [0.29, 0.717) is 5.69 Å². The molecular formula is C14H14NO3S-. The van der Waals surface area contributed by atoms with E-state index in [-0.39, 0.29) is 16.6 Å². The van der Waals surface area contributed by atoms with Gasteiger partial charge in [-0.1, -0.05) is 0 Å². The topological polar surface area (TPSA) is 63.2 Å². The lowest BCUT2D eigenvalue weighted by molar-refractivity contribution is -0.114. The Kier molecular flexibility index (Phi) is 3.76. The number of carbonyl (C=O) groups excluding carboxylic acids is 1. The van der Waals surface area contributed by atoms with Gasteiger partial charge in [0.05, 0.1) is 4.90 Å². The van der Waals surface area contributed by atoms with E-state index in [1.807, 2.05) is 12.1 Å². The van der Waals surface area contributed by atoms with Gasteiger partial charge in [0.25, 0.3) is 0 Å². The fourth-order valence-electron chi connectivity index (χ4n) is 1.76. The minimum atomic E-state index is -3.34. The highest BCUT2D eigenvalue weighted by atomic mass is 32.2. The molecule has 0 radical (unpaired) electrons. The molecule has 0 fully saturated rings. The zero-order valence-electron chi connectivity index (χ0n) is 10.5. The number of anilines is 1. The molecule has 0 aromatic heterocycles. The molecule has 0 aliphatic carbocycles. The summed E-state index contributed by atoms with van der Waals surface area (Å²) in [6, 6.07) is 13.4. The molecule has 0 bridgehead atoms. The Morgan fingerprint density at radius 1 is 1.16 bits per heavy atom. The molecule has 2 aromatic carbocycles. The van der Waals surface area contributed by atoms with Crippen LogP contribution in [-0.4, -0.2) is 14.3 Å². The van der Waals surface area contributed by atoms with Crippen molar-refractivity contribution in [2.45, 2.75) is 17.6 Å². The molecule has 0 aliphatic rings. The van der Waals surface area contributed by atoms with Crippen molar-refractivity contribution in [3.63, 3.8) is 0 Å². The summed E-state index contributed by atoms with van der Waals surface area (Å²) in [5.41, 5.74) is 1.35. The van der Waals surface area contributed by atoms with E-state index in [1.54, 1.807) is 24.3 Å². The first-order chi connectivity index (χ1) is 8.97. The lowest BCUT2D eigenvalue weighted by atomic mass is 10.3. The molecular weight excluding hydrogens is 262 g/mol. The fourth-order valence-corrected chi connectivity index (χ4v) is 3.11. The van der Waals surface area contributed by atoms with E-state index < -0.39 is 9.84 Å². The predicted molar refractivity (Wildman–Crippen MR) is 73.7 cm³/mol. The summed E-state index contributed by atoms with van der Waals surface area (Å²) < 4.78 is 24.3. The van der Waals surface area contributed by atoms with Crippen LogP contribution in [0.15, 0.2) is 53.4 Å². The largest absolute Gasteiger partial charge is 0.326 e.